The summed E-state index contributed by atoms with van der Waals surface area (Å²) in [5.74, 6) is 0. The topological polar surface area (TPSA) is 16.4 Å². The fourth-order valence-electron chi connectivity index (χ4n) is 10.1. The van der Waals surface area contributed by atoms with E-state index < -0.39 is 5.41 Å². The Kier molecular flexibility index (Phi) is 8.11. The van der Waals surface area contributed by atoms with Crippen LogP contribution < -0.4 is 4.90 Å². The quantitative estimate of drug-likeness (QED) is 0.160. The minimum atomic E-state index is -0.528. The van der Waals surface area contributed by atoms with E-state index in [9.17, 15) is 0 Å². The molecule has 1 aliphatic carbocycles. The lowest BCUT2D eigenvalue weighted by Gasteiger charge is -2.35. The van der Waals surface area contributed by atoms with Gasteiger partial charge in [0.25, 0.3) is 0 Å². The number of benzene rings is 10. The highest BCUT2D eigenvalue weighted by Gasteiger charge is 2.46. The summed E-state index contributed by atoms with van der Waals surface area (Å²) in [5, 5.41) is 4.73. The van der Waals surface area contributed by atoms with E-state index >= 15 is 0 Å². The number of furan rings is 1. The second-order valence-corrected chi connectivity index (χ2v) is 16.0. The van der Waals surface area contributed by atoms with E-state index in [0.717, 1.165) is 50.1 Å². The van der Waals surface area contributed by atoms with Gasteiger partial charge in [0.05, 0.1) is 11.1 Å². The van der Waals surface area contributed by atoms with Crippen molar-refractivity contribution in [2.75, 3.05) is 4.90 Å². The van der Waals surface area contributed by atoms with Crippen molar-refractivity contribution in [1.82, 2.24) is 0 Å². The summed E-state index contributed by atoms with van der Waals surface area (Å²) >= 11 is 0. The summed E-state index contributed by atoms with van der Waals surface area (Å²) in [7, 11) is 0. The molecule has 0 saturated carbocycles. The molecule has 0 aliphatic heterocycles. The largest absolute Gasteiger partial charge is 0.456 e. The predicted octanol–water partition coefficient (Wildman–Crippen LogP) is 15.9. The number of fused-ring (bicyclic) bond motifs is 7. The molecular weight excluding hydrogens is 739 g/mol. The number of hydrogen-bond acceptors (Lipinski definition) is 2. The molecule has 0 N–H and O–H groups in total. The predicted molar refractivity (Wildman–Crippen MR) is 254 cm³/mol. The lowest BCUT2D eigenvalue weighted by Crippen LogP contribution is -2.28. The summed E-state index contributed by atoms with van der Waals surface area (Å²) in [6.45, 7) is 0. The zero-order valence-electron chi connectivity index (χ0n) is 33.4. The SMILES string of the molecule is c1ccc(C2(c3ccccc3)c3ccccc3-c3ccc(N(c4ccc(-c5cccc6ccccc56)cc4)c4ccccc4-c4ccc5c(c4)oc4ccccc45)cc32)cc1. The third kappa shape index (κ3) is 5.50. The fourth-order valence-corrected chi connectivity index (χ4v) is 10.1. The van der Waals surface area contributed by atoms with Gasteiger partial charge in [0.15, 0.2) is 0 Å². The van der Waals surface area contributed by atoms with Crippen LogP contribution >= 0.6 is 0 Å². The second kappa shape index (κ2) is 14.1. The van der Waals surface area contributed by atoms with E-state index in [0.29, 0.717) is 0 Å². The zero-order chi connectivity index (χ0) is 40.3. The molecule has 0 radical (unpaired) electrons. The van der Waals surface area contributed by atoms with Gasteiger partial charge in [-0.2, -0.15) is 0 Å². The van der Waals surface area contributed by atoms with Crippen LogP contribution in [0.1, 0.15) is 22.3 Å². The van der Waals surface area contributed by atoms with Gasteiger partial charge in [-0.25, -0.2) is 0 Å². The van der Waals surface area contributed by atoms with Gasteiger partial charge in [-0.1, -0.05) is 188 Å². The van der Waals surface area contributed by atoms with E-state index in [-0.39, 0.29) is 0 Å². The van der Waals surface area contributed by atoms with Gasteiger partial charge < -0.3 is 9.32 Å². The number of nitrogens with zero attached hydrogens (tertiary/aromatic N) is 1. The minimum absolute atomic E-state index is 0.528. The molecule has 0 spiro atoms. The lowest BCUT2D eigenvalue weighted by molar-refractivity contribution is 0.669. The number of para-hydroxylation sites is 2. The van der Waals surface area contributed by atoms with Gasteiger partial charge in [-0.05, 0) is 109 Å². The Hall–Kier alpha value is -7.94. The molecule has 0 atom stereocenters. The van der Waals surface area contributed by atoms with Crippen molar-refractivity contribution in [3.8, 4) is 33.4 Å². The second-order valence-electron chi connectivity index (χ2n) is 16.0. The minimum Gasteiger partial charge on any atom is -0.456 e. The third-order valence-corrected chi connectivity index (χ3v) is 12.8. The van der Waals surface area contributed by atoms with Gasteiger partial charge in [0, 0.05) is 27.7 Å². The molecule has 0 saturated heterocycles. The maximum absolute atomic E-state index is 6.44. The van der Waals surface area contributed by atoms with Crippen molar-refractivity contribution in [2.24, 2.45) is 0 Å². The summed E-state index contributed by atoms with van der Waals surface area (Å²) in [5.41, 5.74) is 16.7. The average molecular weight is 778 g/mol. The molecule has 0 unspecified atom stereocenters. The molecular formula is C59H39NO. The van der Waals surface area contributed by atoms with Gasteiger partial charge in [-0.3, -0.25) is 0 Å². The lowest BCUT2D eigenvalue weighted by atomic mass is 9.67. The molecule has 10 aromatic carbocycles. The number of hydrogen-bond donors (Lipinski definition) is 0. The Morgan fingerprint density at radius 2 is 0.902 bits per heavy atom. The Morgan fingerprint density at radius 3 is 1.70 bits per heavy atom. The Labute approximate surface area is 355 Å². The van der Waals surface area contributed by atoms with Crippen molar-refractivity contribution in [1.29, 1.82) is 0 Å². The number of rotatable bonds is 7. The van der Waals surface area contributed by atoms with Crippen LogP contribution in [0, 0.1) is 0 Å². The summed E-state index contributed by atoms with van der Waals surface area (Å²) in [6.07, 6.45) is 0. The van der Waals surface area contributed by atoms with Gasteiger partial charge in [0.1, 0.15) is 11.2 Å². The van der Waals surface area contributed by atoms with E-state index in [4.69, 9.17) is 4.42 Å². The maximum Gasteiger partial charge on any atom is 0.136 e. The summed E-state index contributed by atoms with van der Waals surface area (Å²) in [4.78, 5) is 2.44. The average Bonchev–Trinajstić information content (AvgIpc) is 3.86. The highest BCUT2D eigenvalue weighted by molar-refractivity contribution is 6.06. The van der Waals surface area contributed by atoms with Crippen LogP contribution in [0.3, 0.4) is 0 Å². The molecule has 0 bridgehead atoms. The van der Waals surface area contributed by atoms with Crippen LogP contribution in [-0.2, 0) is 5.41 Å². The van der Waals surface area contributed by atoms with Crippen LogP contribution in [0.15, 0.2) is 241 Å². The molecule has 286 valence electrons. The number of anilines is 3. The molecule has 0 amide bonds. The van der Waals surface area contributed by atoms with Crippen LogP contribution in [-0.4, -0.2) is 0 Å². The fraction of sp³-hybridized carbons (Fsp3) is 0.0169. The molecule has 0 fully saturated rings. The van der Waals surface area contributed by atoms with Crippen molar-refractivity contribution in [2.45, 2.75) is 5.41 Å². The van der Waals surface area contributed by atoms with Crippen LogP contribution in [0.5, 0.6) is 0 Å². The standard InChI is InChI=1S/C59H39NO/c1-3-18-43(19-4-1)59(44-20-5-2-6-21-44)54-27-12-9-24-50(54)51-37-35-46(39-55(51)59)60(45-33-30-41(31-34-45)48-26-15-17-40-16-7-8-22-47(40)48)56-28-13-10-23-49(56)42-32-36-53-52-25-11-14-29-57(52)61-58(53)38-42/h1-39H. The molecule has 1 aromatic heterocycles. The van der Waals surface area contributed by atoms with Crippen molar-refractivity contribution in [3.63, 3.8) is 0 Å². The van der Waals surface area contributed by atoms with Crippen LogP contribution in [0.25, 0.3) is 66.1 Å². The molecule has 2 nitrogen and oxygen atoms in total. The van der Waals surface area contributed by atoms with Crippen molar-refractivity contribution >= 4 is 49.8 Å². The normalized spacial score (nSPS) is 12.7. The molecule has 1 heterocycles. The van der Waals surface area contributed by atoms with Crippen molar-refractivity contribution < 1.29 is 4.42 Å². The first-order valence-corrected chi connectivity index (χ1v) is 21.0. The Balaban J connectivity index is 1.09. The third-order valence-electron chi connectivity index (χ3n) is 12.8. The maximum atomic E-state index is 6.44. The van der Waals surface area contributed by atoms with E-state index in [1.807, 2.05) is 12.1 Å². The van der Waals surface area contributed by atoms with Gasteiger partial charge in [-0.15, -0.1) is 0 Å². The van der Waals surface area contributed by atoms with E-state index in [2.05, 4.69) is 229 Å². The van der Waals surface area contributed by atoms with Gasteiger partial charge in [0.2, 0.25) is 0 Å². The highest BCUT2D eigenvalue weighted by Crippen LogP contribution is 2.57. The van der Waals surface area contributed by atoms with E-state index in [1.54, 1.807) is 0 Å². The van der Waals surface area contributed by atoms with Crippen LogP contribution in [0.4, 0.5) is 17.1 Å². The molecule has 61 heavy (non-hydrogen) atoms. The molecule has 12 rings (SSSR count). The molecule has 1 aliphatic rings. The monoisotopic (exact) mass is 777 g/mol. The summed E-state index contributed by atoms with van der Waals surface area (Å²) in [6, 6.07) is 86.1. The van der Waals surface area contributed by atoms with Crippen molar-refractivity contribution in [3.05, 3.63) is 259 Å². The zero-order valence-corrected chi connectivity index (χ0v) is 33.4. The van der Waals surface area contributed by atoms with E-state index in [1.165, 1.54) is 55.3 Å². The first kappa shape index (κ1) is 35.0. The molecule has 2 heteroatoms. The van der Waals surface area contributed by atoms with Crippen LogP contribution in [0.2, 0.25) is 0 Å². The van der Waals surface area contributed by atoms with Gasteiger partial charge >= 0.3 is 0 Å². The first-order chi connectivity index (χ1) is 30.3. The Morgan fingerprint density at radius 1 is 0.328 bits per heavy atom. The first-order valence-electron chi connectivity index (χ1n) is 21.0. The highest BCUT2D eigenvalue weighted by atomic mass is 16.3. The Bertz CT molecular complexity index is 3370. The molecule has 11 aromatic rings. The summed E-state index contributed by atoms with van der Waals surface area (Å²) < 4.78 is 6.44. The smallest absolute Gasteiger partial charge is 0.136 e.